The van der Waals surface area contributed by atoms with Gasteiger partial charge in [0.1, 0.15) is 17.3 Å². The van der Waals surface area contributed by atoms with Crippen LogP contribution in [0.15, 0.2) is 48.5 Å². The molecule has 2 N–H and O–H groups in total. The smallest absolute Gasteiger partial charge is 0.325 e. The third-order valence-electron chi connectivity index (χ3n) is 3.11. The van der Waals surface area contributed by atoms with E-state index in [1.165, 1.54) is 12.1 Å². The first-order valence-corrected chi connectivity index (χ1v) is 8.79. The third-order valence-corrected chi connectivity index (χ3v) is 4.01. The molecule has 0 amide bonds. The molecule has 0 fully saturated rings. The molecule has 0 saturated heterocycles. The molecule has 0 atom stereocenters. The van der Waals surface area contributed by atoms with E-state index in [0.29, 0.717) is 24.3 Å². The second-order valence-corrected chi connectivity index (χ2v) is 6.83. The van der Waals surface area contributed by atoms with Crippen molar-refractivity contribution in [1.82, 2.24) is 0 Å². The zero-order valence-corrected chi connectivity index (χ0v) is 12.9. The molecule has 2 rings (SSSR count). The fraction of sp³-hybridized carbons (Fsp3) is 0.250. The van der Waals surface area contributed by atoms with Gasteiger partial charge in [0.05, 0.1) is 0 Å². The van der Waals surface area contributed by atoms with Crippen LogP contribution in [0.25, 0.3) is 0 Å². The van der Waals surface area contributed by atoms with Crippen molar-refractivity contribution in [1.29, 1.82) is 0 Å². The summed E-state index contributed by atoms with van der Waals surface area (Å²) in [5.74, 6) is 0.894. The van der Waals surface area contributed by atoms with Crippen molar-refractivity contribution in [2.75, 3.05) is 6.16 Å². The number of hydrogen-bond donors (Lipinski definition) is 2. The molecule has 0 bridgehead atoms. The Balaban J connectivity index is 1.89. The molecule has 0 heterocycles. The van der Waals surface area contributed by atoms with Gasteiger partial charge in [0.25, 0.3) is 0 Å². The standard InChI is InChI=1S/C16H18FO4P/c17-14-7-9-15(10-8-14)21-16-6-3-5-13(12-16)4-1-2-11-22(18,19)20/h3,5-10,12H,1-2,4,11H2,(H2,18,19,20). The van der Waals surface area contributed by atoms with Gasteiger partial charge in [-0.1, -0.05) is 12.1 Å². The van der Waals surface area contributed by atoms with Crippen LogP contribution in [0.4, 0.5) is 4.39 Å². The maximum Gasteiger partial charge on any atom is 0.325 e. The van der Waals surface area contributed by atoms with Crippen molar-refractivity contribution in [2.24, 2.45) is 0 Å². The monoisotopic (exact) mass is 324 g/mol. The average molecular weight is 324 g/mol. The van der Waals surface area contributed by atoms with Gasteiger partial charge >= 0.3 is 7.60 Å². The SMILES string of the molecule is O=P(O)(O)CCCCc1cccc(Oc2ccc(F)cc2)c1. The molecule has 0 saturated carbocycles. The largest absolute Gasteiger partial charge is 0.457 e. The van der Waals surface area contributed by atoms with Crippen LogP contribution in [0.5, 0.6) is 11.5 Å². The highest BCUT2D eigenvalue weighted by atomic mass is 31.2. The van der Waals surface area contributed by atoms with Gasteiger partial charge in [-0.2, -0.15) is 0 Å². The minimum Gasteiger partial charge on any atom is -0.457 e. The first kappa shape index (κ1) is 16.7. The van der Waals surface area contributed by atoms with E-state index in [1.54, 1.807) is 12.1 Å². The second-order valence-electron chi connectivity index (χ2n) is 5.05. The molecule has 0 radical (unpaired) electrons. The number of aryl methyl sites for hydroxylation is 1. The zero-order chi connectivity index (χ0) is 16.0. The lowest BCUT2D eigenvalue weighted by Crippen LogP contribution is -1.92. The maximum atomic E-state index is 12.8. The maximum absolute atomic E-state index is 12.8. The zero-order valence-electron chi connectivity index (χ0n) is 12.0. The Morgan fingerprint density at radius 3 is 2.41 bits per heavy atom. The van der Waals surface area contributed by atoms with Crippen molar-refractivity contribution < 1.29 is 23.5 Å². The highest BCUT2D eigenvalue weighted by molar-refractivity contribution is 7.51. The highest BCUT2D eigenvalue weighted by Gasteiger charge is 2.11. The number of unbranched alkanes of at least 4 members (excludes halogenated alkanes) is 1. The predicted molar refractivity (Wildman–Crippen MR) is 82.8 cm³/mol. The van der Waals surface area contributed by atoms with Gasteiger partial charge in [-0.15, -0.1) is 0 Å². The van der Waals surface area contributed by atoms with Crippen molar-refractivity contribution in [3.63, 3.8) is 0 Å². The Morgan fingerprint density at radius 2 is 1.73 bits per heavy atom. The number of ether oxygens (including phenoxy) is 1. The third kappa shape index (κ3) is 5.98. The highest BCUT2D eigenvalue weighted by Crippen LogP contribution is 2.35. The van der Waals surface area contributed by atoms with Crippen molar-refractivity contribution in [2.45, 2.75) is 19.3 Å². The second kappa shape index (κ2) is 7.54. The molecule has 0 aliphatic heterocycles. The first-order chi connectivity index (χ1) is 10.4. The van der Waals surface area contributed by atoms with Crippen LogP contribution in [-0.4, -0.2) is 15.9 Å². The van der Waals surface area contributed by atoms with E-state index in [-0.39, 0.29) is 12.0 Å². The lowest BCUT2D eigenvalue weighted by molar-refractivity contribution is 0.371. The molecule has 0 unspecified atom stereocenters. The molecular formula is C16H18FO4P. The van der Waals surface area contributed by atoms with Gasteiger partial charge in [-0.3, -0.25) is 4.57 Å². The quantitative estimate of drug-likeness (QED) is 0.594. The van der Waals surface area contributed by atoms with Crippen LogP contribution >= 0.6 is 7.60 Å². The molecule has 0 aliphatic carbocycles. The molecule has 2 aromatic rings. The number of hydrogen-bond acceptors (Lipinski definition) is 2. The van der Waals surface area contributed by atoms with Gasteiger partial charge in [-0.05, 0) is 61.2 Å². The fourth-order valence-corrected chi connectivity index (χ4v) is 2.69. The summed E-state index contributed by atoms with van der Waals surface area (Å²) >= 11 is 0. The Kier molecular flexibility index (Phi) is 5.72. The van der Waals surface area contributed by atoms with Crippen LogP contribution < -0.4 is 4.74 Å². The molecule has 0 aromatic heterocycles. The molecule has 22 heavy (non-hydrogen) atoms. The van der Waals surface area contributed by atoms with Gasteiger partial charge in [0.15, 0.2) is 0 Å². The van der Waals surface area contributed by atoms with E-state index in [2.05, 4.69) is 0 Å². The van der Waals surface area contributed by atoms with Crippen LogP contribution in [0.1, 0.15) is 18.4 Å². The minimum absolute atomic E-state index is 0.0846. The van der Waals surface area contributed by atoms with Gasteiger partial charge < -0.3 is 14.5 Å². The Labute approximate surface area is 128 Å². The molecule has 0 spiro atoms. The van der Waals surface area contributed by atoms with E-state index < -0.39 is 7.60 Å². The average Bonchev–Trinajstić information content (AvgIpc) is 2.46. The summed E-state index contributed by atoms with van der Waals surface area (Å²) in [4.78, 5) is 17.6. The van der Waals surface area contributed by atoms with E-state index in [9.17, 15) is 8.96 Å². The molecule has 118 valence electrons. The van der Waals surface area contributed by atoms with Crippen LogP contribution in [-0.2, 0) is 11.0 Å². The summed E-state index contributed by atoms with van der Waals surface area (Å²) in [6, 6.07) is 13.3. The molecule has 4 nitrogen and oxygen atoms in total. The summed E-state index contributed by atoms with van der Waals surface area (Å²) < 4.78 is 29.3. The summed E-state index contributed by atoms with van der Waals surface area (Å²) in [7, 11) is -3.90. The Morgan fingerprint density at radius 1 is 1.00 bits per heavy atom. The summed E-state index contributed by atoms with van der Waals surface area (Å²) in [6.07, 6.45) is 1.82. The molecule has 2 aromatic carbocycles. The Bertz CT molecular complexity index is 651. The van der Waals surface area contributed by atoms with Crippen molar-refractivity contribution in [3.8, 4) is 11.5 Å². The Hall–Kier alpha value is -1.68. The summed E-state index contributed by atoms with van der Waals surface area (Å²) in [5, 5.41) is 0. The number of rotatable bonds is 7. The molecular weight excluding hydrogens is 306 g/mol. The minimum atomic E-state index is -3.90. The number of halogens is 1. The first-order valence-electron chi connectivity index (χ1n) is 6.99. The van der Waals surface area contributed by atoms with Gasteiger partial charge in [0, 0.05) is 6.16 Å². The van der Waals surface area contributed by atoms with Crippen molar-refractivity contribution in [3.05, 3.63) is 59.9 Å². The van der Waals surface area contributed by atoms with Crippen LogP contribution in [0, 0.1) is 5.82 Å². The van der Waals surface area contributed by atoms with E-state index in [0.717, 1.165) is 12.0 Å². The van der Waals surface area contributed by atoms with Crippen LogP contribution in [0.2, 0.25) is 0 Å². The summed E-state index contributed by atoms with van der Waals surface area (Å²) in [6.45, 7) is 0. The lowest BCUT2D eigenvalue weighted by atomic mass is 10.1. The topological polar surface area (TPSA) is 66.8 Å². The van der Waals surface area contributed by atoms with E-state index in [1.807, 2.05) is 24.3 Å². The normalized spacial score (nSPS) is 11.4. The number of benzene rings is 2. The lowest BCUT2D eigenvalue weighted by Gasteiger charge is -2.08. The molecule has 6 heteroatoms. The van der Waals surface area contributed by atoms with Crippen LogP contribution in [0.3, 0.4) is 0 Å². The van der Waals surface area contributed by atoms with Gasteiger partial charge in [-0.25, -0.2) is 4.39 Å². The van der Waals surface area contributed by atoms with E-state index >= 15 is 0 Å². The fourth-order valence-electron chi connectivity index (χ4n) is 2.05. The summed E-state index contributed by atoms with van der Waals surface area (Å²) in [5.41, 5.74) is 1.03. The molecule has 0 aliphatic rings. The van der Waals surface area contributed by atoms with Gasteiger partial charge in [0.2, 0.25) is 0 Å². The predicted octanol–water partition coefficient (Wildman–Crippen LogP) is 4.12. The van der Waals surface area contributed by atoms with E-state index in [4.69, 9.17) is 14.5 Å². The van der Waals surface area contributed by atoms with Crippen molar-refractivity contribution >= 4 is 7.60 Å².